The molecule has 0 saturated carbocycles. The Balaban J connectivity index is 4.56. The molecular weight excluding hydrogens is 256 g/mol. The Morgan fingerprint density at radius 2 is 1.78 bits per heavy atom. The number of carbonyl (C=O) groups is 1. The maximum Gasteiger partial charge on any atom is 0.304 e. The van der Waals surface area contributed by atoms with Crippen LogP contribution in [0.25, 0.3) is 0 Å². The summed E-state index contributed by atoms with van der Waals surface area (Å²) in [4.78, 5) is 12.4. The zero-order chi connectivity index (χ0) is 14.2. The number of aliphatic carboxylic acids is 1. The third-order valence-electron chi connectivity index (χ3n) is 2.52. The number of likely N-dealkylation sites (N-methyl/N-ethyl adjacent to an activating group) is 1. The Hall–Kier alpha value is -0.660. The van der Waals surface area contributed by atoms with Gasteiger partial charge in [0.1, 0.15) is 0 Å². The molecule has 0 saturated heterocycles. The molecule has 0 amide bonds. The summed E-state index contributed by atoms with van der Waals surface area (Å²) in [5.74, 6) is -0.883. The molecule has 0 aliphatic heterocycles. The molecule has 0 aliphatic carbocycles. The van der Waals surface area contributed by atoms with E-state index in [1.165, 1.54) is 4.31 Å². The normalized spacial score (nSPS) is 12.3. The lowest BCUT2D eigenvalue weighted by Gasteiger charge is -2.23. The number of rotatable bonds is 10. The molecule has 6 nitrogen and oxygen atoms in total. The van der Waals surface area contributed by atoms with Crippen molar-refractivity contribution in [1.82, 2.24) is 9.21 Å². The first kappa shape index (κ1) is 17.3. The molecule has 0 unspecified atom stereocenters. The fraction of sp³-hybridized carbons (Fsp3) is 0.909. The second-order valence-electron chi connectivity index (χ2n) is 4.52. The molecule has 0 rings (SSSR count). The Morgan fingerprint density at radius 3 is 2.22 bits per heavy atom. The highest BCUT2D eigenvalue weighted by molar-refractivity contribution is 7.89. The van der Waals surface area contributed by atoms with Crippen LogP contribution in [0, 0.1) is 0 Å². The van der Waals surface area contributed by atoms with Crippen molar-refractivity contribution in [3.63, 3.8) is 0 Å². The van der Waals surface area contributed by atoms with E-state index in [2.05, 4.69) is 0 Å². The zero-order valence-corrected chi connectivity index (χ0v) is 12.2. The number of unbranched alkanes of at least 4 members (excludes halogenated alkanes) is 1. The summed E-state index contributed by atoms with van der Waals surface area (Å²) in [6.45, 7) is 2.91. The maximum absolute atomic E-state index is 12.0. The highest BCUT2D eigenvalue weighted by Crippen LogP contribution is 2.06. The minimum atomic E-state index is -3.33. The first-order chi connectivity index (χ1) is 8.29. The van der Waals surface area contributed by atoms with Gasteiger partial charge in [-0.2, -0.15) is 0 Å². The molecule has 0 aliphatic rings. The van der Waals surface area contributed by atoms with Crippen molar-refractivity contribution in [1.29, 1.82) is 0 Å². The van der Waals surface area contributed by atoms with Gasteiger partial charge in [0.05, 0.1) is 12.2 Å². The summed E-state index contributed by atoms with van der Waals surface area (Å²) in [5, 5.41) is 8.65. The smallest absolute Gasteiger partial charge is 0.304 e. The summed E-state index contributed by atoms with van der Waals surface area (Å²) in [7, 11) is 0.378. The van der Waals surface area contributed by atoms with Crippen LogP contribution >= 0.6 is 0 Å². The van der Waals surface area contributed by atoms with Crippen molar-refractivity contribution in [3.8, 4) is 0 Å². The minimum Gasteiger partial charge on any atom is -0.481 e. The molecule has 0 atom stereocenters. The minimum absolute atomic E-state index is 0.0508. The van der Waals surface area contributed by atoms with Gasteiger partial charge in [0.2, 0.25) is 10.0 Å². The highest BCUT2D eigenvalue weighted by Gasteiger charge is 2.21. The van der Waals surface area contributed by atoms with Crippen molar-refractivity contribution in [2.45, 2.75) is 26.2 Å². The predicted molar refractivity (Wildman–Crippen MR) is 71.1 cm³/mol. The van der Waals surface area contributed by atoms with Crippen molar-refractivity contribution in [3.05, 3.63) is 0 Å². The first-order valence-electron chi connectivity index (χ1n) is 6.14. The van der Waals surface area contributed by atoms with Crippen LogP contribution in [0.2, 0.25) is 0 Å². The molecule has 0 bridgehead atoms. The molecule has 108 valence electrons. The zero-order valence-electron chi connectivity index (χ0n) is 11.4. The van der Waals surface area contributed by atoms with Gasteiger partial charge in [-0.1, -0.05) is 13.3 Å². The fourth-order valence-corrected chi connectivity index (χ4v) is 3.02. The molecule has 0 radical (unpaired) electrons. The Morgan fingerprint density at radius 1 is 1.17 bits per heavy atom. The summed E-state index contributed by atoms with van der Waals surface area (Å²) >= 11 is 0. The van der Waals surface area contributed by atoms with Gasteiger partial charge in [0.25, 0.3) is 0 Å². The Bertz CT molecular complexity index is 341. The van der Waals surface area contributed by atoms with Gasteiger partial charge in [-0.25, -0.2) is 12.7 Å². The molecule has 18 heavy (non-hydrogen) atoms. The SMILES string of the molecule is CCCCS(=O)(=O)N(CCC(=O)O)CCN(C)C. The standard InChI is InChI=1S/C11H24N2O4S/c1-4-5-10-18(16,17)13(7-6-11(14)15)9-8-12(2)3/h4-10H2,1-3H3,(H,14,15). The topological polar surface area (TPSA) is 77.9 Å². The van der Waals surface area contributed by atoms with E-state index in [0.717, 1.165) is 6.42 Å². The van der Waals surface area contributed by atoms with Crippen LogP contribution in [0.15, 0.2) is 0 Å². The highest BCUT2D eigenvalue weighted by atomic mass is 32.2. The second-order valence-corrected chi connectivity index (χ2v) is 6.60. The van der Waals surface area contributed by atoms with E-state index in [-0.39, 0.29) is 18.7 Å². The molecular formula is C11H24N2O4S. The van der Waals surface area contributed by atoms with E-state index in [1.54, 1.807) is 0 Å². The van der Waals surface area contributed by atoms with E-state index < -0.39 is 16.0 Å². The van der Waals surface area contributed by atoms with Gasteiger partial charge in [0.15, 0.2) is 0 Å². The molecule has 7 heteroatoms. The molecule has 1 N–H and O–H groups in total. The van der Waals surface area contributed by atoms with Gasteiger partial charge in [-0.3, -0.25) is 4.79 Å². The van der Waals surface area contributed by atoms with E-state index >= 15 is 0 Å². The van der Waals surface area contributed by atoms with Gasteiger partial charge >= 0.3 is 5.97 Å². The maximum atomic E-state index is 12.0. The number of nitrogens with zero attached hydrogens (tertiary/aromatic N) is 2. The predicted octanol–water partition coefficient (Wildman–Crippen LogP) is 0.455. The number of carboxylic acid groups (broad SMARTS) is 1. The van der Waals surface area contributed by atoms with Crippen LogP contribution in [-0.2, 0) is 14.8 Å². The number of hydrogen-bond acceptors (Lipinski definition) is 4. The number of carboxylic acids is 1. The largest absolute Gasteiger partial charge is 0.481 e. The summed E-state index contributed by atoms with van der Waals surface area (Å²) < 4.78 is 25.3. The molecule has 0 spiro atoms. The van der Waals surface area contributed by atoms with Crippen molar-refractivity contribution < 1.29 is 18.3 Å². The van der Waals surface area contributed by atoms with Crippen molar-refractivity contribution in [2.24, 2.45) is 0 Å². The summed E-state index contributed by atoms with van der Waals surface area (Å²) in [5.41, 5.74) is 0. The van der Waals surface area contributed by atoms with Crippen LogP contribution in [-0.4, -0.2) is 68.2 Å². The van der Waals surface area contributed by atoms with Gasteiger partial charge in [-0.15, -0.1) is 0 Å². The third-order valence-corrected chi connectivity index (χ3v) is 4.48. The van der Waals surface area contributed by atoms with E-state index in [9.17, 15) is 13.2 Å². The van der Waals surface area contributed by atoms with Crippen molar-refractivity contribution >= 4 is 16.0 Å². The van der Waals surface area contributed by atoms with Crippen LogP contribution in [0.3, 0.4) is 0 Å². The summed E-state index contributed by atoms with van der Waals surface area (Å²) in [6.07, 6.45) is 1.26. The monoisotopic (exact) mass is 280 g/mol. The number of hydrogen-bond donors (Lipinski definition) is 1. The van der Waals surface area contributed by atoms with E-state index in [4.69, 9.17) is 5.11 Å². The lowest BCUT2D eigenvalue weighted by Crippen LogP contribution is -2.39. The quantitative estimate of drug-likeness (QED) is 0.629. The Labute approximate surface area is 110 Å². The number of sulfonamides is 1. The van der Waals surface area contributed by atoms with Crippen LogP contribution in [0.4, 0.5) is 0 Å². The fourth-order valence-electron chi connectivity index (χ4n) is 1.38. The third kappa shape index (κ3) is 7.62. The molecule has 0 fully saturated rings. The van der Waals surface area contributed by atoms with Gasteiger partial charge in [-0.05, 0) is 20.5 Å². The molecule has 0 aromatic rings. The lowest BCUT2D eigenvalue weighted by molar-refractivity contribution is -0.137. The molecule has 0 aromatic heterocycles. The average Bonchev–Trinajstić information content (AvgIpc) is 2.25. The Kier molecular flexibility index (Phi) is 8.13. The molecule has 0 heterocycles. The average molecular weight is 280 g/mol. The molecule has 0 aromatic carbocycles. The summed E-state index contributed by atoms with van der Waals surface area (Å²) in [6, 6.07) is 0. The van der Waals surface area contributed by atoms with Gasteiger partial charge < -0.3 is 10.0 Å². The van der Waals surface area contributed by atoms with Crippen molar-refractivity contribution in [2.75, 3.05) is 39.5 Å². The lowest BCUT2D eigenvalue weighted by atomic mass is 10.4. The van der Waals surface area contributed by atoms with Crippen LogP contribution in [0.5, 0.6) is 0 Å². The van der Waals surface area contributed by atoms with Gasteiger partial charge in [0, 0.05) is 19.6 Å². The first-order valence-corrected chi connectivity index (χ1v) is 7.75. The van der Waals surface area contributed by atoms with E-state index in [1.807, 2.05) is 25.9 Å². The van der Waals surface area contributed by atoms with Crippen LogP contribution in [0.1, 0.15) is 26.2 Å². The van der Waals surface area contributed by atoms with Crippen LogP contribution < -0.4 is 0 Å². The van der Waals surface area contributed by atoms with E-state index in [0.29, 0.717) is 19.5 Å². The second kappa shape index (κ2) is 8.44.